The van der Waals surface area contributed by atoms with Gasteiger partial charge in [0.15, 0.2) is 0 Å². The van der Waals surface area contributed by atoms with Gasteiger partial charge in [0.25, 0.3) is 0 Å². The average molecular weight is 360 g/mol. The molecule has 2 N–H and O–H groups in total. The molecule has 0 aliphatic heterocycles. The summed E-state index contributed by atoms with van der Waals surface area (Å²) in [6, 6.07) is 6.74. The van der Waals surface area contributed by atoms with Crippen molar-refractivity contribution >= 4 is 29.3 Å². The summed E-state index contributed by atoms with van der Waals surface area (Å²) in [6.07, 6.45) is 4.75. The summed E-state index contributed by atoms with van der Waals surface area (Å²) in [4.78, 5) is 28.4. The van der Waals surface area contributed by atoms with Gasteiger partial charge in [-0.2, -0.15) is 0 Å². The van der Waals surface area contributed by atoms with Crippen molar-refractivity contribution in [2.45, 2.75) is 36.8 Å². The molecule has 0 unspecified atom stereocenters. The van der Waals surface area contributed by atoms with Crippen LogP contribution in [0.2, 0.25) is 0 Å². The number of hydrogen-bond donors (Lipinski definition) is 2. The maximum atomic E-state index is 12.2. The molecule has 1 aliphatic carbocycles. The number of rotatable bonds is 6. The van der Waals surface area contributed by atoms with Crippen LogP contribution < -0.4 is 5.32 Å². The van der Waals surface area contributed by atoms with Crippen LogP contribution >= 0.6 is 11.8 Å². The van der Waals surface area contributed by atoms with Crippen molar-refractivity contribution in [1.82, 2.24) is 15.2 Å². The highest BCUT2D eigenvalue weighted by Gasteiger charge is 2.21. The van der Waals surface area contributed by atoms with Crippen molar-refractivity contribution in [2.75, 3.05) is 18.2 Å². The molecule has 0 saturated heterocycles. The number of carbonyl (C=O) groups is 2. The molecule has 2 aromatic rings. The molecule has 7 nitrogen and oxygen atoms in total. The van der Waals surface area contributed by atoms with Gasteiger partial charge in [0.2, 0.25) is 11.1 Å². The fourth-order valence-corrected chi connectivity index (χ4v) is 3.51. The van der Waals surface area contributed by atoms with E-state index < -0.39 is 5.97 Å². The molecule has 1 fully saturated rings. The number of para-hydroxylation sites is 1. The Morgan fingerprint density at radius 3 is 2.84 bits per heavy atom. The Balaban J connectivity index is 1.56. The van der Waals surface area contributed by atoms with Gasteiger partial charge in [-0.25, -0.2) is 9.78 Å². The van der Waals surface area contributed by atoms with E-state index in [0.717, 1.165) is 18.7 Å². The minimum Gasteiger partial charge on any atom is -0.465 e. The Kier molecular flexibility index (Phi) is 5.70. The Bertz CT molecular complexity index is 756. The molecule has 132 valence electrons. The molecule has 0 radical (unpaired) electrons. The smallest absolute Gasteiger partial charge is 0.339 e. The number of anilines is 1. The fourth-order valence-electron chi connectivity index (χ4n) is 2.90. The molecular weight excluding hydrogens is 340 g/mol. The Morgan fingerprint density at radius 2 is 2.08 bits per heavy atom. The van der Waals surface area contributed by atoms with Crippen molar-refractivity contribution in [3.63, 3.8) is 0 Å². The van der Waals surface area contributed by atoms with Crippen LogP contribution in [0.1, 0.15) is 47.8 Å². The normalized spacial score (nSPS) is 14.4. The van der Waals surface area contributed by atoms with Gasteiger partial charge in [0.1, 0.15) is 5.82 Å². The van der Waals surface area contributed by atoms with E-state index in [-0.39, 0.29) is 11.7 Å². The number of benzene rings is 1. The van der Waals surface area contributed by atoms with Crippen molar-refractivity contribution < 1.29 is 14.3 Å². The molecular formula is C17H20N4O3S. The SMILES string of the molecule is COC(=O)c1ccccc1NC(=O)CSc1n[nH]c(C2CCCC2)n1. The zero-order valence-electron chi connectivity index (χ0n) is 13.9. The fraction of sp³-hybridized carbons (Fsp3) is 0.412. The predicted molar refractivity (Wildman–Crippen MR) is 94.7 cm³/mol. The summed E-state index contributed by atoms with van der Waals surface area (Å²) < 4.78 is 4.72. The van der Waals surface area contributed by atoms with Gasteiger partial charge in [-0.3, -0.25) is 9.89 Å². The van der Waals surface area contributed by atoms with E-state index in [0.29, 0.717) is 22.3 Å². The number of aromatic nitrogens is 3. The molecule has 1 amide bonds. The van der Waals surface area contributed by atoms with Crippen molar-refractivity contribution in [1.29, 1.82) is 0 Å². The van der Waals surface area contributed by atoms with E-state index in [1.807, 2.05) is 0 Å². The topological polar surface area (TPSA) is 97.0 Å². The number of H-pyrrole nitrogens is 1. The first-order valence-electron chi connectivity index (χ1n) is 8.19. The molecule has 1 aromatic heterocycles. The van der Waals surface area contributed by atoms with Crippen molar-refractivity contribution in [2.24, 2.45) is 0 Å². The van der Waals surface area contributed by atoms with Gasteiger partial charge in [-0.1, -0.05) is 36.7 Å². The number of amides is 1. The molecule has 0 spiro atoms. The van der Waals surface area contributed by atoms with Gasteiger partial charge >= 0.3 is 5.97 Å². The largest absolute Gasteiger partial charge is 0.465 e. The summed E-state index contributed by atoms with van der Waals surface area (Å²) >= 11 is 1.27. The third kappa shape index (κ3) is 4.39. The van der Waals surface area contributed by atoms with E-state index in [2.05, 4.69) is 20.5 Å². The number of nitrogens with zero attached hydrogens (tertiary/aromatic N) is 2. The first kappa shape index (κ1) is 17.5. The van der Waals surface area contributed by atoms with E-state index in [4.69, 9.17) is 4.74 Å². The van der Waals surface area contributed by atoms with Crippen molar-refractivity contribution in [3.05, 3.63) is 35.7 Å². The van der Waals surface area contributed by atoms with Crippen LogP contribution in [0.15, 0.2) is 29.4 Å². The number of thioether (sulfide) groups is 1. The molecule has 0 bridgehead atoms. The number of hydrogen-bond acceptors (Lipinski definition) is 6. The first-order chi connectivity index (χ1) is 12.2. The zero-order valence-corrected chi connectivity index (χ0v) is 14.8. The third-order valence-corrected chi connectivity index (χ3v) is 5.01. The number of esters is 1. The molecule has 0 atom stereocenters. The molecule has 1 aliphatic rings. The Labute approximate surface area is 149 Å². The van der Waals surface area contributed by atoms with Crippen LogP contribution in [-0.2, 0) is 9.53 Å². The Hall–Kier alpha value is -2.35. The highest BCUT2D eigenvalue weighted by molar-refractivity contribution is 7.99. The lowest BCUT2D eigenvalue weighted by Crippen LogP contribution is -2.17. The van der Waals surface area contributed by atoms with Gasteiger partial charge in [-0.15, -0.1) is 5.10 Å². The second-order valence-electron chi connectivity index (χ2n) is 5.86. The standard InChI is InChI=1S/C17H20N4O3S/c1-24-16(23)12-8-4-5-9-13(12)18-14(22)10-25-17-19-15(20-21-17)11-6-2-3-7-11/h4-5,8-9,11H,2-3,6-7,10H2,1H3,(H,18,22)(H,19,20,21). The number of ether oxygens (including phenoxy) is 1. The highest BCUT2D eigenvalue weighted by atomic mass is 32.2. The van der Waals surface area contributed by atoms with Gasteiger partial charge < -0.3 is 10.1 Å². The summed E-state index contributed by atoms with van der Waals surface area (Å²) in [5.74, 6) is 0.823. The molecule has 1 saturated carbocycles. The van der Waals surface area contributed by atoms with Crippen LogP contribution in [-0.4, -0.2) is 39.9 Å². The van der Waals surface area contributed by atoms with Crippen LogP contribution in [0, 0.1) is 0 Å². The summed E-state index contributed by atoms with van der Waals surface area (Å²) in [7, 11) is 1.31. The number of nitrogens with one attached hydrogen (secondary N) is 2. The average Bonchev–Trinajstić information content (AvgIpc) is 3.31. The van der Waals surface area contributed by atoms with Gasteiger partial charge in [0.05, 0.1) is 24.1 Å². The monoisotopic (exact) mass is 360 g/mol. The highest BCUT2D eigenvalue weighted by Crippen LogP contribution is 2.32. The maximum Gasteiger partial charge on any atom is 0.339 e. The minimum absolute atomic E-state index is 0.164. The van der Waals surface area contributed by atoms with Crippen LogP contribution in [0.5, 0.6) is 0 Å². The summed E-state index contributed by atoms with van der Waals surface area (Å²) in [5.41, 5.74) is 0.756. The summed E-state index contributed by atoms with van der Waals surface area (Å²) in [5, 5.41) is 10.4. The van der Waals surface area contributed by atoms with Gasteiger partial charge in [0, 0.05) is 5.92 Å². The summed E-state index contributed by atoms with van der Waals surface area (Å²) in [6.45, 7) is 0. The van der Waals surface area contributed by atoms with E-state index >= 15 is 0 Å². The second kappa shape index (κ2) is 8.15. The Morgan fingerprint density at radius 1 is 1.32 bits per heavy atom. The van der Waals surface area contributed by atoms with Crippen LogP contribution in [0.4, 0.5) is 5.69 Å². The minimum atomic E-state index is -0.487. The second-order valence-corrected chi connectivity index (χ2v) is 6.80. The predicted octanol–water partition coefficient (Wildman–Crippen LogP) is 2.98. The number of carbonyl (C=O) groups excluding carboxylic acids is 2. The maximum absolute atomic E-state index is 12.2. The molecule has 8 heteroatoms. The van der Waals surface area contributed by atoms with E-state index in [1.165, 1.54) is 31.7 Å². The number of aromatic amines is 1. The lowest BCUT2D eigenvalue weighted by molar-refractivity contribution is -0.113. The molecule has 1 aromatic carbocycles. The van der Waals surface area contributed by atoms with Crippen LogP contribution in [0.25, 0.3) is 0 Å². The molecule has 25 heavy (non-hydrogen) atoms. The molecule has 3 rings (SSSR count). The molecule has 1 heterocycles. The zero-order chi connectivity index (χ0) is 17.6. The lowest BCUT2D eigenvalue weighted by Gasteiger charge is -2.08. The van der Waals surface area contributed by atoms with Crippen molar-refractivity contribution in [3.8, 4) is 0 Å². The van der Waals surface area contributed by atoms with Gasteiger partial charge in [-0.05, 0) is 25.0 Å². The number of methoxy groups -OCH3 is 1. The van der Waals surface area contributed by atoms with E-state index in [9.17, 15) is 9.59 Å². The van der Waals surface area contributed by atoms with E-state index in [1.54, 1.807) is 24.3 Å². The third-order valence-electron chi connectivity index (χ3n) is 4.16. The first-order valence-corrected chi connectivity index (χ1v) is 9.18. The lowest BCUT2D eigenvalue weighted by atomic mass is 10.1. The van der Waals surface area contributed by atoms with Crippen LogP contribution in [0.3, 0.4) is 0 Å². The quantitative estimate of drug-likeness (QED) is 0.607.